The Morgan fingerprint density at radius 2 is 2.12 bits per heavy atom. The summed E-state index contributed by atoms with van der Waals surface area (Å²) < 4.78 is 19.7. The Balaban J connectivity index is 1.99. The van der Waals surface area contributed by atoms with Gasteiger partial charge in [-0.2, -0.15) is 0 Å². The van der Waals surface area contributed by atoms with Gasteiger partial charge in [0.25, 0.3) is 5.91 Å². The molecule has 0 atom stereocenters. The van der Waals surface area contributed by atoms with E-state index in [-0.39, 0.29) is 23.8 Å². The van der Waals surface area contributed by atoms with Gasteiger partial charge >= 0.3 is 11.7 Å². The monoisotopic (exact) mass is 352 g/mol. The maximum atomic E-state index is 11.9. The van der Waals surface area contributed by atoms with Crippen molar-refractivity contribution in [1.82, 2.24) is 0 Å². The highest BCUT2D eigenvalue weighted by Crippen LogP contribution is 2.32. The second-order valence-corrected chi connectivity index (χ2v) is 4.92. The van der Waals surface area contributed by atoms with Crippen molar-refractivity contribution < 1.29 is 33.5 Å². The van der Waals surface area contributed by atoms with Crippen LogP contribution in [-0.2, 0) is 23.8 Å². The third-order valence-corrected chi connectivity index (χ3v) is 3.18. The summed E-state index contributed by atoms with van der Waals surface area (Å²) in [5.74, 6) is -1.56. The molecule has 0 fully saturated rings. The molecule has 0 unspecified atom stereocenters. The van der Waals surface area contributed by atoms with Gasteiger partial charge in [0.05, 0.1) is 12.0 Å². The van der Waals surface area contributed by atoms with Crippen LogP contribution in [0, 0.1) is 17.0 Å². The normalized spacial score (nSPS) is 13.0. The lowest BCUT2D eigenvalue weighted by atomic mass is 10.1. The molecule has 10 nitrogen and oxygen atoms in total. The van der Waals surface area contributed by atoms with Gasteiger partial charge < -0.3 is 24.3 Å². The molecule has 0 radical (unpaired) electrons. The molecule has 0 bridgehead atoms. The Hall–Kier alpha value is -3.30. The minimum Gasteiger partial charge on any atom is -0.493 e. The molecule has 1 aromatic carbocycles. The van der Waals surface area contributed by atoms with Crippen LogP contribution in [0.4, 0.5) is 11.4 Å². The van der Waals surface area contributed by atoms with E-state index in [1.54, 1.807) is 6.92 Å². The molecular formula is C15H16N2O8. The van der Waals surface area contributed by atoms with Crippen LogP contribution in [0.15, 0.2) is 24.2 Å². The largest absolute Gasteiger partial charge is 0.493 e. The molecule has 0 saturated heterocycles. The van der Waals surface area contributed by atoms with Crippen LogP contribution in [0.5, 0.6) is 5.75 Å². The minimum absolute atomic E-state index is 0.000745. The second kappa shape index (κ2) is 7.99. The minimum atomic E-state index is -0.826. The highest BCUT2D eigenvalue weighted by molar-refractivity contribution is 5.95. The smallest absolute Gasteiger partial charge is 0.377 e. The van der Waals surface area contributed by atoms with Crippen molar-refractivity contribution in [2.45, 2.75) is 6.92 Å². The standard InChI is InChI=1S/C15H16N2O8/c1-9-5-11(17(20)21)12(22-2)6-10(9)16-14(18)8-25-15(19)13-7-23-3-4-24-13/h5-7H,3-4,8H2,1-2H3,(H,16,18). The number of anilines is 1. The van der Waals surface area contributed by atoms with Crippen molar-refractivity contribution in [1.29, 1.82) is 0 Å². The number of amides is 1. The van der Waals surface area contributed by atoms with E-state index < -0.39 is 23.4 Å². The van der Waals surface area contributed by atoms with Crippen molar-refractivity contribution >= 4 is 23.3 Å². The van der Waals surface area contributed by atoms with Gasteiger partial charge in [-0.15, -0.1) is 0 Å². The van der Waals surface area contributed by atoms with E-state index in [1.165, 1.54) is 19.2 Å². The van der Waals surface area contributed by atoms with Gasteiger partial charge in [0.1, 0.15) is 19.5 Å². The lowest BCUT2D eigenvalue weighted by Gasteiger charge is -2.14. The zero-order valence-electron chi connectivity index (χ0n) is 13.6. The Bertz CT molecular complexity index is 728. The average Bonchev–Trinajstić information content (AvgIpc) is 2.61. The van der Waals surface area contributed by atoms with Crippen LogP contribution in [0.3, 0.4) is 0 Å². The van der Waals surface area contributed by atoms with Crippen molar-refractivity contribution in [2.24, 2.45) is 0 Å². The summed E-state index contributed by atoms with van der Waals surface area (Å²) in [5, 5.41) is 13.4. The molecule has 1 aromatic rings. The molecule has 1 N–H and O–H groups in total. The first-order chi connectivity index (χ1) is 11.9. The molecule has 1 aliphatic heterocycles. The number of hydrogen-bond acceptors (Lipinski definition) is 8. The Morgan fingerprint density at radius 1 is 1.36 bits per heavy atom. The summed E-state index contributed by atoms with van der Waals surface area (Å²) in [5.41, 5.74) is 0.546. The third-order valence-electron chi connectivity index (χ3n) is 3.18. The Kier molecular flexibility index (Phi) is 5.77. The van der Waals surface area contributed by atoms with Crippen LogP contribution in [0.25, 0.3) is 0 Å². The van der Waals surface area contributed by atoms with E-state index in [0.717, 1.165) is 6.26 Å². The van der Waals surface area contributed by atoms with Gasteiger partial charge in [-0.25, -0.2) is 4.79 Å². The number of benzene rings is 1. The molecule has 0 aromatic heterocycles. The number of rotatable bonds is 6. The molecule has 0 saturated carbocycles. The lowest BCUT2D eigenvalue weighted by molar-refractivity contribution is -0.385. The van der Waals surface area contributed by atoms with Gasteiger partial charge in [-0.3, -0.25) is 14.9 Å². The zero-order chi connectivity index (χ0) is 18.4. The quantitative estimate of drug-likeness (QED) is 0.461. The number of nitro groups is 1. The maximum absolute atomic E-state index is 11.9. The molecule has 0 aliphatic carbocycles. The molecule has 0 spiro atoms. The van der Waals surface area contributed by atoms with Crippen LogP contribution >= 0.6 is 0 Å². The summed E-state index contributed by atoms with van der Waals surface area (Å²) in [6.45, 7) is 1.58. The van der Waals surface area contributed by atoms with Crippen LogP contribution in [0.1, 0.15) is 5.56 Å². The molecular weight excluding hydrogens is 336 g/mol. The predicted octanol–water partition coefficient (Wildman–Crippen LogP) is 1.28. The molecule has 134 valence electrons. The molecule has 10 heteroatoms. The van der Waals surface area contributed by atoms with E-state index in [4.69, 9.17) is 18.9 Å². The van der Waals surface area contributed by atoms with E-state index >= 15 is 0 Å². The number of nitrogens with zero attached hydrogens (tertiary/aromatic N) is 1. The van der Waals surface area contributed by atoms with Gasteiger partial charge in [0.2, 0.25) is 5.76 Å². The summed E-state index contributed by atoms with van der Waals surface area (Å²) in [7, 11) is 1.28. The van der Waals surface area contributed by atoms with Crippen molar-refractivity contribution in [3.05, 3.63) is 39.8 Å². The Labute approximate surface area is 142 Å². The topological polar surface area (TPSA) is 126 Å². The van der Waals surface area contributed by atoms with E-state index in [1.807, 2.05) is 0 Å². The predicted molar refractivity (Wildman–Crippen MR) is 84.0 cm³/mol. The first kappa shape index (κ1) is 18.0. The second-order valence-electron chi connectivity index (χ2n) is 4.92. The fourth-order valence-corrected chi connectivity index (χ4v) is 1.98. The van der Waals surface area contributed by atoms with Gasteiger partial charge in [0, 0.05) is 17.8 Å². The van der Waals surface area contributed by atoms with Gasteiger partial charge in [0.15, 0.2) is 12.4 Å². The highest BCUT2D eigenvalue weighted by atomic mass is 16.6. The van der Waals surface area contributed by atoms with Crippen molar-refractivity contribution in [3.8, 4) is 5.75 Å². The van der Waals surface area contributed by atoms with E-state index in [0.29, 0.717) is 17.9 Å². The lowest BCUT2D eigenvalue weighted by Crippen LogP contribution is -2.24. The number of carbonyl (C=O) groups is 2. The number of hydrogen-bond donors (Lipinski definition) is 1. The zero-order valence-corrected chi connectivity index (χ0v) is 13.6. The first-order valence-electron chi connectivity index (χ1n) is 7.17. The van der Waals surface area contributed by atoms with Gasteiger partial charge in [-0.05, 0) is 12.5 Å². The average molecular weight is 352 g/mol. The molecule has 2 rings (SSSR count). The molecule has 1 heterocycles. The third kappa shape index (κ3) is 4.59. The SMILES string of the molecule is COc1cc(NC(=O)COC(=O)C2=COCCO2)c(C)cc1[N+](=O)[O-]. The summed E-state index contributed by atoms with van der Waals surface area (Å²) in [6.07, 6.45) is 1.12. The highest BCUT2D eigenvalue weighted by Gasteiger charge is 2.20. The summed E-state index contributed by atoms with van der Waals surface area (Å²) in [4.78, 5) is 34.0. The van der Waals surface area contributed by atoms with Crippen LogP contribution in [0.2, 0.25) is 0 Å². The van der Waals surface area contributed by atoms with Crippen molar-refractivity contribution in [3.63, 3.8) is 0 Å². The Morgan fingerprint density at radius 3 is 2.72 bits per heavy atom. The van der Waals surface area contributed by atoms with Crippen molar-refractivity contribution in [2.75, 3.05) is 32.2 Å². The number of methoxy groups -OCH3 is 1. The molecule has 1 aliphatic rings. The summed E-state index contributed by atoms with van der Waals surface area (Å²) in [6, 6.07) is 2.60. The molecule has 25 heavy (non-hydrogen) atoms. The number of esters is 1. The van der Waals surface area contributed by atoms with Crippen LogP contribution < -0.4 is 10.1 Å². The van der Waals surface area contributed by atoms with Gasteiger partial charge in [-0.1, -0.05) is 0 Å². The fourth-order valence-electron chi connectivity index (χ4n) is 1.98. The van der Waals surface area contributed by atoms with E-state index in [2.05, 4.69) is 5.32 Å². The number of ether oxygens (including phenoxy) is 4. The maximum Gasteiger partial charge on any atom is 0.377 e. The summed E-state index contributed by atoms with van der Waals surface area (Å²) >= 11 is 0. The number of nitrogens with one attached hydrogen (secondary N) is 1. The number of aryl methyl sites for hydroxylation is 1. The fraction of sp³-hybridized carbons (Fsp3) is 0.333. The number of nitro benzene ring substituents is 1. The first-order valence-corrected chi connectivity index (χ1v) is 7.17. The van der Waals surface area contributed by atoms with Crippen LogP contribution in [-0.4, -0.2) is 43.7 Å². The number of carbonyl (C=O) groups excluding carboxylic acids is 2. The van der Waals surface area contributed by atoms with E-state index in [9.17, 15) is 19.7 Å². The molecule has 1 amide bonds.